The SMILES string of the molecule is COCCS(=O)(=O)NC(=O)C1(c2ccccc2OC)CC1. The van der Waals surface area contributed by atoms with Crippen LogP contribution in [0.25, 0.3) is 0 Å². The van der Waals surface area contributed by atoms with Gasteiger partial charge in [-0.25, -0.2) is 8.42 Å². The average molecular weight is 313 g/mol. The lowest BCUT2D eigenvalue weighted by molar-refractivity contribution is -0.121. The topological polar surface area (TPSA) is 81.7 Å². The number of benzene rings is 1. The van der Waals surface area contributed by atoms with Gasteiger partial charge >= 0.3 is 0 Å². The summed E-state index contributed by atoms with van der Waals surface area (Å²) in [5.41, 5.74) is -0.0702. The molecule has 0 atom stereocenters. The molecule has 2 rings (SSSR count). The van der Waals surface area contributed by atoms with Gasteiger partial charge in [-0.2, -0.15) is 0 Å². The number of carbonyl (C=O) groups is 1. The van der Waals surface area contributed by atoms with Crippen molar-refractivity contribution in [1.82, 2.24) is 4.72 Å². The molecule has 1 aliphatic rings. The fourth-order valence-corrected chi connectivity index (χ4v) is 3.23. The Balaban J connectivity index is 2.19. The maximum Gasteiger partial charge on any atom is 0.244 e. The van der Waals surface area contributed by atoms with Crippen molar-refractivity contribution in [3.05, 3.63) is 29.8 Å². The highest BCUT2D eigenvalue weighted by atomic mass is 32.2. The number of methoxy groups -OCH3 is 2. The van der Waals surface area contributed by atoms with E-state index in [0.717, 1.165) is 5.56 Å². The van der Waals surface area contributed by atoms with E-state index >= 15 is 0 Å². The van der Waals surface area contributed by atoms with Crippen LogP contribution in [0.2, 0.25) is 0 Å². The van der Waals surface area contributed by atoms with Gasteiger partial charge in [0.2, 0.25) is 15.9 Å². The van der Waals surface area contributed by atoms with E-state index in [0.29, 0.717) is 18.6 Å². The van der Waals surface area contributed by atoms with Crippen molar-refractivity contribution in [3.8, 4) is 5.75 Å². The minimum atomic E-state index is -3.68. The van der Waals surface area contributed by atoms with E-state index in [1.165, 1.54) is 14.2 Å². The number of hydrogen-bond acceptors (Lipinski definition) is 5. The smallest absolute Gasteiger partial charge is 0.244 e. The number of para-hydroxylation sites is 1. The number of rotatable bonds is 7. The fraction of sp³-hybridized carbons (Fsp3) is 0.500. The fourth-order valence-electron chi connectivity index (χ4n) is 2.27. The quantitative estimate of drug-likeness (QED) is 0.806. The number of carbonyl (C=O) groups excluding carboxylic acids is 1. The second-order valence-electron chi connectivity index (χ2n) is 5.03. The second-order valence-corrected chi connectivity index (χ2v) is 6.87. The maximum absolute atomic E-state index is 12.4. The summed E-state index contributed by atoms with van der Waals surface area (Å²) in [7, 11) is -0.738. The molecule has 1 fully saturated rings. The second kappa shape index (κ2) is 6.03. The van der Waals surface area contributed by atoms with Crippen molar-refractivity contribution in [1.29, 1.82) is 0 Å². The van der Waals surface area contributed by atoms with Crippen molar-refractivity contribution in [2.24, 2.45) is 0 Å². The monoisotopic (exact) mass is 313 g/mol. The normalized spacial score (nSPS) is 16.3. The lowest BCUT2D eigenvalue weighted by atomic mass is 9.94. The first kappa shape index (κ1) is 15.8. The molecule has 0 bridgehead atoms. The van der Waals surface area contributed by atoms with Gasteiger partial charge in [-0.05, 0) is 18.9 Å². The van der Waals surface area contributed by atoms with Gasteiger partial charge < -0.3 is 9.47 Å². The number of sulfonamides is 1. The Morgan fingerprint density at radius 2 is 1.95 bits per heavy atom. The van der Waals surface area contributed by atoms with Crippen LogP contribution in [-0.2, 0) is 25.0 Å². The zero-order valence-electron chi connectivity index (χ0n) is 12.1. The van der Waals surface area contributed by atoms with E-state index < -0.39 is 21.3 Å². The van der Waals surface area contributed by atoms with E-state index in [1.807, 2.05) is 12.1 Å². The molecule has 0 aromatic heterocycles. The van der Waals surface area contributed by atoms with Crippen molar-refractivity contribution in [2.45, 2.75) is 18.3 Å². The van der Waals surface area contributed by atoms with Crippen LogP contribution < -0.4 is 9.46 Å². The summed E-state index contributed by atoms with van der Waals surface area (Å²) in [5.74, 6) is -0.139. The third kappa shape index (κ3) is 3.36. The molecular weight excluding hydrogens is 294 g/mol. The summed E-state index contributed by atoms with van der Waals surface area (Å²) in [6.45, 7) is 0.0459. The van der Waals surface area contributed by atoms with Gasteiger partial charge in [-0.1, -0.05) is 18.2 Å². The van der Waals surface area contributed by atoms with Crippen LogP contribution in [0.15, 0.2) is 24.3 Å². The molecule has 0 radical (unpaired) electrons. The number of nitrogens with one attached hydrogen (secondary N) is 1. The Hall–Kier alpha value is -1.60. The summed E-state index contributed by atoms with van der Waals surface area (Å²) in [4.78, 5) is 12.4. The van der Waals surface area contributed by atoms with Crippen molar-refractivity contribution in [3.63, 3.8) is 0 Å². The zero-order valence-corrected chi connectivity index (χ0v) is 12.9. The van der Waals surface area contributed by atoms with E-state index in [9.17, 15) is 13.2 Å². The van der Waals surface area contributed by atoms with E-state index in [1.54, 1.807) is 12.1 Å². The zero-order chi connectivity index (χ0) is 15.5. The third-order valence-electron chi connectivity index (χ3n) is 3.61. The molecule has 0 spiro atoms. The minimum Gasteiger partial charge on any atom is -0.496 e. The Morgan fingerprint density at radius 3 is 2.52 bits per heavy atom. The lowest BCUT2D eigenvalue weighted by Gasteiger charge is -2.18. The van der Waals surface area contributed by atoms with Gasteiger partial charge in [0, 0.05) is 12.7 Å². The molecule has 0 saturated heterocycles. The molecule has 116 valence electrons. The molecule has 1 saturated carbocycles. The summed E-state index contributed by atoms with van der Waals surface area (Å²) in [5, 5.41) is 0. The van der Waals surface area contributed by atoms with Gasteiger partial charge in [-0.15, -0.1) is 0 Å². The average Bonchev–Trinajstić information content (AvgIpc) is 3.26. The Kier molecular flexibility index (Phi) is 4.53. The Bertz CT molecular complexity index is 622. The summed E-state index contributed by atoms with van der Waals surface area (Å²) in [6, 6.07) is 7.19. The van der Waals surface area contributed by atoms with E-state index in [2.05, 4.69) is 4.72 Å². The largest absolute Gasteiger partial charge is 0.496 e. The molecule has 1 aromatic carbocycles. The van der Waals surface area contributed by atoms with Crippen molar-refractivity contribution < 1.29 is 22.7 Å². The summed E-state index contributed by atoms with van der Waals surface area (Å²) < 4.78 is 35.8. The van der Waals surface area contributed by atoms with E-state index in [4.69, 9.17) is 9.47 Å². The van der Waals surface area contributed by atoms with Crippen LogP contribution in [0, 0.1) is 0 Å². The van der Waals surface area contributed by atoms with Crippen molar-refractivity contribution >= 4 is 15.9 Å². The highest BCUT2D eigenvalue weighted by Crippen LogP contribution is 2.51. The molecule has 0 heterocycles. The van der Waals surface area contributed by atoms with Crippen LogP contribution in [0.4, 0.5) is 0 Å². The van der Waals surface area contributed by atoms with E-state index in [-0.39, 0.29) is 12.4 Å². The van der Waals surface area contributed by atoms with Crippen LogP contribution >= 0.6 is 0 Å². The molecule has 1 N–H and O–H groups in total. The molecule has 0 unspecified atom stereocenters. The predicted octanol–water partition coefficient (Wildman–Crippen LogP) is 0.819. The third-order valence-corrected chi connectivity index (χ3v) is 4.81. The van der Waals surface area contributed by atoms with Crippen LogP contribution in [0.1, 0.15) is 18.4 Å². The minimum absolute atomic E-state index is 0.0459. The molecular formula is C14H19NO5S. The molecule has 21 heavy (non-hydrogen) atoms. The lowest BCUT2D eigenvalue weighted by Crippen LogP contribution is -2.40. The first-order chi connectivity index (χ1) is 9.95. The number of hydrogen-bond donors (Lipinski definition) is 1. The van der Waals surface area contributed by atoms with Gasteiger partial charge in [-0.3, -0.25) is 9.52 Å². The molecule has 1 amide bonds. The Morgan fingerprint density at radius 1 is 1.29 bits per heavy atom. The molecule has 7 heteroatoms. The summed E-state index contributed by atoms with van der Waals surface area (Å²) in [6.07, 6.45) is 1.22. The van der Waals surface area contributed by atoms with Crippen LogP contribution in [-0.4, -0.2) is 40.9 Å². The molecule has 1 aromatic rings. The Labute approximate surface area is 124 Å². The highest BCUT2D eigenvalue weighted by molar-refractivity contribution is 7.90. The molecule has 6 nitrogen and oxygen atoms in total. The molecule has 0 aliphatic heterocycles. The van der Waals surface area contributed by atoms with Gasteiger partial charge in [0.05, 0.1) is 24.9 Å². The van der Waals surface area contributed by atoms with Gasteiger partial charge in [0.1, 0.15) is 5.75 Å². The molecule has 1 aliphatic carbocycles. The highest BCUT2D eigenvalue weighted by Gasteiger charge is 2.53. The maximum atomic E-state index is 12.4. The number of amides is 1. The van der Waals surface area contributed by atoms with Gasteiger partial charge in [0.25, 0.3) is 0 Å². The first-order valence-electron chi connectivity index (χ1n) is 6.62. The first-order valence-corrected chi connectivity index (χ1v) is 8.28. The number of ether oxygens (including phenoxy) is 2. The van der Waals surface area contributed by atoms with Crippen LogP contribution in [0.3, 0.4) is 0 Å². The van der Waals surface area contributed by atoms with Crippen molar-refractivity contribution in [2.75, 3.05) is 26.6 Å². The van der Waals surface area contributed by atoms with Crippen LogP contribution in [0.5, 0.6) is 5.75 Å². The van der Waals surface area contributed by atoms with Gasteiger partial charge in [0.15, 0.2) is 0 Å². The predicted molar refractivity (Wildman–Crippen MR) is 77.7 cm³/mol. The standard InChI is InChI=1S/C14H19NO5S/c1-19-9-10-21(17,18)15-13(16)14(7-8-14)11-5-3-4-6-12(11)20-2/h3-6H,7-10H2,1-2H3,(H,15,16). The summed E-state index contributed by atoms with van der Waals surface area (Å²) >= 11 is 0.